The minimum atomic E-state index is -0.0713. The highest BCUT2D eigenvalue weighted by atomic mass is 35.5. The van der Waals surface area contributed by atoms with Gasteiger partial charge in [-0.1, -0.05) is 0 Å². The first-order chi connectivity index (χ1) is 4.27. The zero-order valence-corrected chi connectivity index (χ0v) is 6.26. The molecule has 4 heteroatoms. The molecular formula is C6H10ClNO2. The van der Waals surface area contributed by atoms with Crippen LogP contribution in [0, 0.1) is 5.92 Å². The molecule has 0 spiro atoms. The van der Waals surface area contributed by atoms with Gasteiger partial charge >= 0.3 is 5.97 Å². The van der Waals surface area contributed by atoms with Crippen molar-refractivity contribution in [3.63, 3.8) is 0 Å². The number of hydrogen-bond donors (Lipinski definition) is 1. The SMILES string of the molecule is Cl.N[C@@H]1C[C@H]2OC(=O)C[C@H]12. The van der Waals surface area contributed by atoms with Gasteiger partial charge in [-0.05, 0) is 0 Å². The number of carbonyl (C=O) groups excluding carboxylic acids is 1. The number of carbonyl (C=O) groups is 1. The predicted octanol–water partition coefficient (Wildman–Crippen LogP) is 0.0709. The zero-order chi connectivity index (χ0) is 6.43. The lowest BCUT2D eigenvalue weighted by molar-refractivity contribution is -0.143. The molecule has 0 bridgehead atoms. The van der Waals surface area contributed by atoms with Crippen LogP contribution in [0.5, 0.6) is 0 Å². The average Bonchev–Trinajstić information content (AvgIpc) is 2.08. The van der Waals surface area contributed by atoms with Gasteiger partial charge < -0.3 is 10.5 Å². The average molecular weight is 164 g/mol. The summed E-state index contributed by atoms with van der Waals surface area (Å²) in [5, 5.41) is 0. The van der Waals surface area contributed by atoms with Crippen molar-refractivity contribution in [2.75, 3.05) is 0 Å². The third-order valence-electron chi connectivity index (χ3n) is 2.22. The third-order valence-corrected chi connectivity index (χ3v) is 2.22. The van der Waals surface area contributed by atoms with E-state index in [1.807, 2.05) is 0 Å². The molecule has 1 heterocycles. The van der Waals surface area contributed by atoms with Gasteiger partial charge in [0.05, 0.1) is 6.42 Å². The van der Waals surface area contributed by atoms with Crippen molar-refractivity contribution in [2.24, 2.45) is 11.7 Å². The van der Waals surface area contributed by atoms with Crippen molar-refractivity contribution in [3.05, 3.63) is 0 Å². The van der Waals surface area contributed by atoms with Gasteiger partial charge in [0.25, 0.3) is 0 Å². The monoisotopic (exact) mass is 163 g/mol. The van der Waals surface area contributed by atoms with Gasteiger partial charge in [-0.2, -0.15) is 0 Å². The highest BCUT2D eigenvalue weighted by Gasteiger charge is 2.47. The zero-order valence-electron chi connectivity index (χ0n) is 5.45. The summed E-state index contributed by atoms with van der Waals surface area (Å²) in [6.45, 7) is 0. The molecule has 0 aromatic carbocycles. The molecule has 1 saturated heterocycles. The second-order valence-electron chi connectivity index (χ2n) is 2.80. The summed E-state index contributed by atoms with van der Waals surface area (Å²) in [7, 11) is 0. The van der Waals surface area contributed by atoms with Crippen LogP contribution in [0.4, 0.5) is 0 Å². The summed E-state index contributed by atoms with van der Waals surface area (Å²) in [6, 6.07) is 0.224. The number of ether oxygens (including phenoxy) is 1. The largest absolute Gasteiger partial charge is 0.462 e. The van der Waals surface area contributed by atoms with Crippen LogP contribution >= 0.6 is 12.4 Å². The minimum absolute atomic E-state index is 0. The van der Waals surface area contributed by atoms with E-state index in [4.69, 9.17) is 10.5 Å². The second kappa shape index (κ2) is 2.40. The Morgan fingerprint density at radius 1 is 1.60 bits per heavy atom. The number of fused-ring (bicyclic) bond motifs is 1. The Bertz CT molecular complexity index is 162. The number of esters is 1. The molecular weight excluding hydrogens is 154 g/mol. The van der Waals surface area contributed by atoms with E-state index in [0.717, 1.165) is 6.42 Å². The van der Waals surface area contributed by atoms with Crippen LogP contribution in [0.3, 0.4) is 0 Å². The summed E-state index contributed by atoms with van der Waals surface area (Å²) in [5.41, 5.74) is 5.59. The second-order valence-corrected chi connectivity index (χ2v) is 2.80. The molecule has 2 fully saturated rings. The van der Waals surface area contributed by atoms with Crippen molar-refractivity contribution >= 4 is 18.4 Å². The summed E-state index contributed by atoms with van der Waals surface area (Å²) in [6.07, 6.45) is 1.59. The lowest BCUT2D eigenvalue weighted by atomic mass is 9.77. The maximum Gasteiger partial charge on any atom is 0.306 e. The van der Waals surface area contributed by atoms with Gasteiger partial charge in [0.2, 0.25) is 0 Å². The molecule has 1 saturated carbocycles. The van der Waals surface area contributed by atoms with Gasteiger partial charge in [-0.25, -0.2) is 0 Å². The Morgan fingerprint density at radius 3 is 2.70 bits per heavy atom. The fraction of sp³-hybridized carbons (Fsp3) is 0.833. The van der Waals surface area contributed by atoms with E-state index in [2.05, 4.69) is 0 Å². The van der Waals surface area contributed by atoms with Crippen molar-refractivity contribution in [3.8, 4) is 0 Å². The van der Waals surface area contributed by atoms with Gasteiger partial charge in [0, 0.05) is 18.4 Å². The van der Waals surface area contributed by atoms with Crippen LogP contribution in [0.25, 0.3) is 0 Å². The van der Waals surface area contributed by atoms with Crippen LogP contribution in [0.15, 0.2) is 0 Å². The van der Waals surface area contributed by atoms with E-state index in [9.17, 15) is 4.79 Å². The van der Waals surface area contributed by atoms with Crippen molar-refractivity contribution in [2.45, 2.75) is 25.0 Å². The smallest absolute Gasteiger partial charge is 0.306 e. The lowest BCUT2D eigenvalue weighted by Crippen LogP contribution is -2.48. The first-order valence-corrected chi connectivity index (χ1v) is 3.22. The lowest BCUT2D eigenvalue weighted by Gasteiger charge is -2.34. The Kier molecular flexibility index (Phi) is 1.88. The molecule has 0 amide bonds. The fourth-order valence-corrected chi connectivity index (χ4v) is 1.53. The summed E-state index contributed by atoms with van der Waals surface area (Å²) >= 11 is 0. The van der Waals surface area contributed by atoms with E-state index < -0.39 is 0 Å². The normalized spacial score (nSPS) is 42.9. The number of rotatable bonds is 0. The number of hydrogen-bond acceptors (Lipinski definition) is 3. The van der Waals surface area contributed by atoms with Crippen LogP contribution in [-0.4, -0.2) is 18.1 Å². The van der Waals surface area contributed by atoms with E-state index in [1.165, 1.54) is 0 Å². The highest BCUT2D eigenvalue weighted by molar-refractivity contribution is 5.85. The van der Waals surface area contributed by atoms with Crippen molar-refractivity contribution < 1.29 is 9.53 Å². The van der Waals surface area contributed by atoms with Crippen LogP contribution in [0.2, 0.25) is 0 Å². The molecule has 0 aromatic heterocycles. The Morgan fingerprint density at radius 2 is 2.30 bits per heavy atom. The molecule has 3 atom stereocenters. The van der Waals surface area contributed by atoms with Crippen molar-refractivity contribution in [1.82, 2.24) is 0 Å². The Hall–Kier alpha value is -0.280. The molecule has 0 aromatic rings. The summed E-state index contributed by atoms with van der Waals surface area (Å²) < 4.78 is 4.91. The van der Waals surface area contributed by atoms with E-state index in [0.29, 0.717) is 12.3 Å². The van der Waals surface area contributed by atoms with Gasteiger partial charge in [-0.15, -0.1) is 12.4 Å². The van der Waals surface area contributed by atoms with Gasteiger partial charge in [0.1, 0.15) is 6.10 Å². The molecule has 0 radical (unpaired) electrons. The summed E-state index contributed by atoms with van der Waals surface area (Å²) in [4.78, 5) is 10.6. The molecule has 1 aliphatic heterocycles. The van der Waals surface area contributed by atoms with E-state index in [-0.39, 0.29) is 30.5 Å². The number of halogens is 1. The third kappa shape index (κ3) is 0.896. The van der Waals surface area contributed by atoms with E-state index >= 15 is 0 Å². The first kappa shape index (κ1) is 7.82. The summed E-state index contributed by atoms with van der Waals surface area (Å²) in [5.74, 6) is 0.274. The topological polar surface area (TPSA) is 52.3 Å². The molecule has 58 valence electrons. The standard InChI is InChI=1S/C6H9NO2.ClH/c7-4-2-5-3(4)1-6(8)9-5;/h3-5H,1-2,7H2;1H/t3-,4-,5-;/m1./s1. The van der Waals surface area contributed by atoms with Gasteiger partial charge in [-0.3, -0.25) is 4.79 Å². The predicted molar refractivity (Wildman–Crippen MR) is 37.8 cm³/mol. The molecule has 2 aliphatic rings. The van der Waals surface area contributed by atoms with Gasteiger partial charge in [0.15, 0.2) is 0 Å². The molecule has 10 heavy (non-hydrogen) atoms. The highest BCUT2D eigenvalue weighted by Crippen LogP contribution is 2.37. The molecule has 2 rings (SSSR count). The Balaban J connectivity index is 0.000000500. The molecule has 0 unspecified atom stereocenters. The molecule has 2 N–H and O–H groups in total. The maximum absolute atomic E-state index is 10.6. The first-order valence-electron chi connectivity index (χ1n) is 3.22. The van der Waals surface area contributed by atoms with Crippen LogP contribution < -0.4 is 5.73 Å². The quantitative estimate of drug-likeness (QED) is 0.515. The molecule has 1 aliphatic carbocycles. The number of nitrogens with two attached hydrogens (primary N) is 1. The fourth-order valence-electron chi connectivity index (χ4n) is 1.53. The minimum Gasteiger partial charge on any atom is -0.462 e. The van der Waals surface area contributed by atoms with Crippen molar-refractivity contribution in [1.29, 1.82) is 0 Å². The van der Waals surface area contributed by atoms with Crippen LogP contribution in [-0.2, 0) is 9.53 Å². The van der Waals surface area contributed by atoms with Crippen LogP contribution in [0.1, 0.15) is 12.8 Å². The Labute approximate surface area is 65.3 Å². The molecule has 3 nitrogen and oxygen atoms in total. The maximum atomic E-state index is 10.6. The van der Waals surface area contributed by atoms with E-state index in [1.54, 1.807) is 0 Å².